The van der Waals surface area contributed by atoms with E-state index >= 15 is 0 Å². The summed E-state index contributed by atoms with van der Waals surface area (Å²) in [6.07, 6.45) is 0. The van der Waals surface area contributed by atoms with Gasteiger partial charge in [0, 0.05) is 10.6 Å². The minimum absolute atomic E-state index is 0.00117. The van der Waals surface area contributed by atoms with E-state index in [1.807, 2.05) is 0 Å². The number of aromatic hydroxyl groups is 1. The molecule has 1 aromatic heterocycles. The van der Waals surface area contributed by atoms with Crippen LogP contribution in [0.3, 0.4) is 0 Å². The first kappa shape index (κ1) is 17.7. The van der Waals surface area contributed by atoms with Crippen molar-refractivity contribution >= 4 is 40.1 Å². The number of rotatable bonds is 2. The van der Waals surface area contributed by atoms with Crippen LogP contribution in [-0.2, 0) is 11.3 Å². The predicted octanol–water partition coefficient (Wildman–Crippen LogP) is 4.04. The lowest BCUT2D eigenvalue weighted by molar-refractivity contribution is -0.0160. The second-order valence-electron chi connectivity index (χ2n) is 5.80. The van der Waals surface area contributed by atoms with Crippen LogP contribution in [0.25, 0.3) is 22.3 Å². The van der Waals surface area contributed by atoms with E-state index in [1.54, 1.807) is 0 Å². The predicted molar refractivity (Wildman–Crippen MR) is 96.8 cm³/mol. The molecule has 3 aromatic rings. The van der Waals surface area contributed by atoms with E-state index in [2.05, 4.69) is 0 Å². The van der Waals surface area contributed by atoms with Gasteiger partial charge in [0.2, 0.25) is 11.2 Å². The van der Waals surface area contributed by atoms with E-state index in [-0.39, 0.29) is 57.1 Å². The van der Waals surface area contributed by atoms with Crippen molar-refractivity contribution in [2.75, 3.05) is 6.79 Å². The van der Waals surface area contributed by atoms with Gasteiger partial charge in [-0.3, -0.25) is 4.79 Å². The summed E-state index contributed by atoms with van der Waals surface area (Å²) in [7, 11) is 0. The van der Waals surface area contributed by atoms with E-state index in [4.69, 9.17) is 37.1 Å². The van der Waals surface area contributed by atoms with E-state index in [1.165, 1.54) is 24.3 Å². The Kier molecular flexibility index (Phi) is 4.22. The van der Waals surface area contributed by atoms with Gasteiger partial charge in [-0.15, -0.1) is 0 Å². The van der Waals surface area contributed by atoms with Crippen molar-refractivity contribution < 1.29 is 28.9 Å². The van der Waals surface area contributed by atoms with Crippen LogP contribution in [0.2, 0.25) is 10.0 Å². The number of fused-ring (bicyclic) bond motifs is 2. The zero-order valence-corrected chi connectivity index (χ0v) is 14.9. The molecule has 2 aromatic carbocycles. The zero-order chi connectivity index (χ0) is 19.3. The van der Waals surface area contributed by atoms with Crippen LogP contribution in [0.4, 0.5) is 0 Å². The van der Waals surface area contributed by atoms with Gasteiger partial charge in [0.25, 0.3) is 0 Å². The second kappa shape index (κ2) is 6.45. The van der Waals surface area contributed by atoms with Gasteiger partial charge < -0.3 is 24.1 Å². The van der Waals surface area contributed by atoms with Crippen LogP contribution in [0.1, 0.15) is 15.9 Å². The average molecular weight is 409 g/mol. The number of carboxylic acid groups (broad SMARTS) is 1. The summed E-state index contributed by atoms with van der Waals surface area (Å²) in [4.78, 5) is 24.1. The molecule has 0 radical (unpaired) electrons. The van der Waals surface area contributed by atoms with Gasteiger partial charge in [-0.25, -0.2) is 4.79 Å². The fraction of sp³-hybridized carbons (Fsp3) is 0.111. The van der Waals surface area contributed by atoms with Crippen molar-refractivity contribution in [3.8, 4) is 22.8 Å². The lowest BCUT2D eigenvalue weighted by atomic mass is 10.0. The highest BCUT2D eigenvalue weighted by molar-refractivity contribution is 6.38. The number of halogens is 2. The molecule has 0 atom stereocenters. The molecule has 7 nitrogen and oxygen atoms in total. The largest absolute Gasteiger partial charge is 0.502 e. The van der Waals surface area contributed by atoms with Gasteiger partial charge in [-0.2, -0.15) is 0 Å². The molecule has 2 heterocycles. The Morgan fingerprint density at radius 2 is 1.93 bits per heavy atom. The molecule has 0 spiro atoms. The molecule has 138 valence electrons. The van der Waals surface area contributed by atoms with Gasteiger partial charge in [-0.05, 0) is 24.3 Å². The van der Waals surface area contributed by atoms with E-state index < -0.39 is 17.1 Å². The number of hydrogen-bond acceptors (Lipinski definition) is 6. The molecule has 9 heteroatoms. The number of benzene rings is 2. The first-order valence-corrected chi connectivity index (χ1v) is 8.38. The summed E-state index contributed by atoms with van der Waals surface area (Å²) in [6.45, 7) is 0.0414. The topological polar surface area (TPSA) is 106 Å². The molecule has 4 rings (SSSR count). The van der Waals surface area contributed by atoms with Crippen molar-refractivity contribution in [2.24, 2.45) is 0 Å². The molecule has 0 saturated carbocycles. The molecule has 0 aliphatic carbocycles. The lowest BCUT2D eigenvalue weighted by Crippen LogP contribution is -2.14. The summed E-state index contributed by atoms with van der Waals surface area (Å²) < 4.78 is 16.3. The van der Waals surface area contributed by atoms with Crippen molar-refractivity contribution in [3.05, 3.63) is 55.7 Å². The van der Waals surface area contributed by atoms with Crippen LogP contribution >= 0.6 is 23.2 Å². The Morgan fingerprint density at radius 3 is 2.67 bits per heavy atom. The fourth-order valence-corrected chi connectivity index (χ4v) is 3.44. The molecule has 27 heavy (non-hydrogen) atoms. The number of aromatic carboxylic acids is 1. The van der Waals surface area contributed by atoms with Crippen LogP contribution < -0.4 is 10.2 Å². The number of carboxylic acids is 1. The molecule has 0 unspecified atom stereocenters. The third kappa shape index (κ3) is 2.90. The number of carbonyl (C=O) groups is 1. The van der Waals surface area contributed by atoms with E-state index in [9.17, 15) is 19.8 Å². The normalized spacial score (nSPS) is 13.3. The third-order valence-corrected chi connectivity index (χ3v) is 4.59. The lowest BCUT2D eigenvalue weighted by Gasteiger charge is -2.21. The molecule has 1 aliphatic heterocycles. The average Bonchev–Trinajstić information content (AvgIpc) is 2.64. The van der Waals surface area contributed by atoms with E-state index in [0.29, 0.717) is 5.56 Å². The highest BCUT2D eigenvalue weighted by Gasteiger charge is 2.26. The molecular weight excluding hydrogens is 399 g/mol. The van der Waals surface area contributed by atoms with Crippen molar-refractivity contribution in [2.45, 2.75) is 6.61 Å². The molecule has 2 N–H and O–H groups in total. The first-order chi connectivity index (χ1) is 12.9. The van der Waals surface area contributed by atoms with Gasteiger partial charge in [-0.1, -0.05) is 23.2 Å². The fourth-order valence-electron chi connectivity index (χ4n) is 2.91. The van der Waals surface area contributed by atoms with Crippen molar-refractivity contribution in [1.29, 1.82) is 0 Å². The molecule has 0 saturated heterocycles. The summed E-state index contributed by atoms with van der Waals surface area (Å²) in [5.41, 5.74) is -0.268. The Balaban J connectivity index is 2.08. The molecular formula is C18H10Cl2O7. The minimum Gasteiger partial charge on any atom is -0.502 e. The van der Waals surface area contributed by atoms with Crippen LogP contribution in [-0.4, -0.2) is 23.0 Å². The Hall–Kier alpha value is -2.74. The molecule has 0 fully saturated rings. The van der Waals surface area contributed by atoms with Gasteiger partial charge in [0.15, 0.2) is 18.1 Å². The van der Waals surface area contributed by atoms with Crippen LogP contribution in [0.15, 0.2) is 33.5 Å². The Bertz CT molecular complexity index is 1170. The highest BCUT2D eigenvalue weighted by Crippen LogP contribution is 2.42. The third-order valence-electron chi connectivity index (χ3n) is 4.09. The molecule has 1 aliphatic rings. The van der Waals surface area contributed by atoms with Gasteiger partial charge >= 0.3 is 5.97 Å². The standard InChI is InChI=1S/C18H10Cl2O7/c19-9-3-10-13(21)14(22)17(27-16(10)12(20)4-9)11-2-7(18(23)24)1-8-5-25-6-26-15(8)11/h1-4,22H,5-6H2,(H,23,24). The number of ether oxygens (including phenoxy) is 2. The van der Waals surface area contributed by atoms with E-state index in [0.717, 1.165) is 0 Å². The van der Waals surface area contributed by atoms with Crippen molar-refractivity contribution in [3.63, 3.8) is 0 Å². The quantitative estimate of drug-likeness (QED) is 0.658. The minimum atomic E-state index is -1.20. The monoisotopic (exact) mass is 408 g/mol. The Morgan fingerprint density at radius 1 is 1.15 bits per heavy atom. The summed E-state index contributed by atoms with van der Waals surface area (Å²) in [5, 5.41) is 20.1. The smallest absolute Gasteiger partial charge is 0.335 e. The summed E-state index contributed by atoms with van der Waals surface area (Å²) in [6, 6.07) is 5.36. The summed E-state index contributed by atoms with van der Waals surface area (Å²) in [5.74, 6) is -1.90. The molecule has 0 bridgehead atoms. The van der Waals surface area contributed by atoms with Crippen LogP contribution in [0, 0.1) is 0 Å². The van der Waals surface area contributed by atoms with Gasteiger partial charge in [0.05, 0.1) is 28.1 Å². The molecule has 0 amide bonds. The maximum absolute atomic E-state index is 12.6. The van der Waals surface area contributed by atoms with Crippen LogP contribution in [0.5, 0.6) is 11.5 Å². The zero-order valence-electron chi connectivity index (χ0n) is 13.4. The van der Waals surface area contributed by atoms with Crippen molar-refractivity contribution in [1.82, 2.24) is 0 Å². The maximum Gasteiger partial charge on any atom is 0.335 e. The maximum atomic E-state index is 12.6. The SMILES string of the molecule is O=C(O)c1cc2c(c(-c3oc4c(Cl)cc(Cl)cc4c(=O)c3O)c1)OCOC2. The van der Waals surface area contributed by atoms with Gasteiger partial charge in [0.1, 0.15) is 5.75 Å². The Labute approximate surface area is 161 Å². The first-order valence-electron chi connectivity index (χ1n) is 7.62. The number of hydrogen-bond donors (Lipinski definition) is 2. The highest BCUT2D eigenvalue weighted by atomic mass is 35.5. The summed E-state index contributed by atoms with van der Waals surface area (Å²) >= 11 is 12.0. The second-order valence-corrected chi connectivity index (χ2v) is 6.64.